The van der Waals surface area contributed by atoms with Crippen molar-refractivity contribution in [1.29, 1.82) is 0 Å². The lowest BCUT2D eigenvalue weighted by molar-refractivity contribution is -0.426. The van der Waals surface area contributed by atoms with Crippen LogP contribution in [-0.2, 0) is 0 Å². The minimum Gasteiger partial charge on any atom is -0.274 e. The lowest BCUT2D eigenvalue weighted by atomic mass is 10.4. The molecule has 0 amide bonds. The van der Waals surface area contributed by atoms with Gasteiger partial charge in [-0.1, -0.05) is 0 Å². The van der Waals surface area contributed by atoms with Crippen LogP contribution in [0.5, 0.6) is 0 Å². The predicted octanol–water partition coefficient (Wildman–Crippen LogP) is 1.59. The van der Waals surface area contributed by atoms with Crippen LogP contribution in [-0.4, -0.2) is 15.1 Å². The normalized spacial score (nSPS) is 10.3. The van der Waals surface area contributed by atoms with E-state index in [9.17, 15) is 10.1 Å². The van der Waals surface area contributed by atoms with Crippen molar-refractivity contribution in [2.45, 2.75) is 17.0 Å². The fourth-order valence-corrected chi connectivity index (χ4v) is 2.13. The van der Waals surface area contributed by atoms with E-state index in [0.717, 1.165) is 5.03 Å². The maximum absolute atomic E-state index is 10.8. The molecule has 0 fully saturated rings. The van der Waals surface area contributed by atoms with Gasteiger partial charge >= 0.3 is 5.69 Å². The number of aryl methyl sites for hydroxylation is 1. The number of nitrogens with one attached hydrogen (secondary N) is 2. The molecule has 0 saturated carbocycles. The summed E-state index contributed by atoms with van der Waals surface area (Å²) in [6.45, 7) is 1.63. The first-order valence-corrected chi connectivity index (χ1v) is 5.34. The molecule has 0 aliphatic heterocycles. The maximum atomic E-state index is 10.8. The van der Waals surface area contributed by atoms with Gasteiger partial charge in [0.25, 0.3) is 0 Å². The molecule has 0 unspecified atom stereocenters. The fraction of sp³-hybridized carbons (Fsp3) is 0.111. The van der Waals surface area contributed by atoms with E-state index in [-0.39, 0.29) is 5.69 Å². The maximum Gasteiger partial charge on any atom is 0.323 e. The topological polar surface area (TPSA) is 86.0 Å². The molecule has 0 saturated heterocycles. The fourth-order valence-electron chi connectivity index (χ4n) is 1.23. The van der Waals surface area contributed by atoms with Crippen LogP contribution in [0.4, 0.5) is 5.69 Å². The highest BCUT2D eigenvalue weighted by Crippen LogP contribution is 2.32. The largest absolute Gasteiger partial charge is 0.323 e. The molecule has 0 atom stereocenters. The Hall–Kier alpha value is -1.89. The zero-order valence-electron chi connectivity index (χ0n) is 8.43. The van der Waals surface area contributed by atoms with Gasteiger partial charge in [0.2, 0.25) is 10.1 Å². The lowest BCUT2D eigenvalue weighted by Gasteiger charge is -1.91. The molecule has 0 spiro atoms. The average Bonchev–Trinajstić information content (AvgIpc) is 2.61. The van der Waals surface area contributed by atoms with Gasteiger partial charge in [0.05, 0.1) is 4.92 Å². The van der Waals surface area contributed by atoms with E-state index in [0.29, 0.717) is 10.7 Å². The molecular formula is C9H9N4O2S+. The first-order valence-electron chi connectivity index (χ1n) is 4.52. The van der Waals surface area contributed by atoms with E-state index in [1.807, 2.05) is 18.2 Å². The second-order valence-electron chi connectivity index (χ2n) is 3.09. The Morgan fingerprint density at radius 1 is 1.56 bits per heavy atom. The Kier molecular flexibility index (Phi) is 2.86. The third-order valence-electron chi connectivity index (χ3n) is 1.95. The number of hydrogen-bond acceptors (Lipinski definition) is 4. The molecule has 2 N–H and O–H groups in total. The number of nitrogens with zero attached hydrogens (tertiary/aromatic N) is 2. The van der Waals surface area contributed by atoms with Crippen molar-refractivity contribution in [1.82, 2.24) is 10.2 Å². The number of H-pyrrole nitrogens is 2. The van der Waals surface area contributed by atoms with E-state index in [1.165, 1.54) is 11.8 Å². The number of aromatic amines is 2. The molecule has 2 rings (SSSR count). The van der Waals surface area contributed by atoms with E-state index >= 15 is 0 Å². The Labute approximate surface area is 95.2 Å². The highest BCUT2D eigenvalue weighted by Gasteiger charge is 2.23. The molecule has 0 bridgehead atoms. The predicted molar refractivity (Wildman–Crippen MR) is 57.1 cm³/mol. The van der Waals surface area contributed by atoms with Gasteiger partial charge in [-0.15, -0.1) is 0 Å². The van der Waals surface area contributed by atoms with Crippen LogP contribution in [0.2, 0.25) is 0 Å². The van der Waals surface area contributed by atoms with Gasteiger partial charge in [-0.25, -0.2) is 4.98 Å². The van der Waals surface area contributed by atoms with Crippen molar-refractivity contribution in [2.24, 2.45) is 0 Å². The molecule has 2 aromatic rings. The van der Waals surface area contributed by atoms with Crippen molar-refractivity contribution in [3.63, 3.8) is 0 Å². The van der Waals surface area contributed by atoms with E-state index < -0.39 is 4.92 Å². The van der Waals surface area contributed by atoms with Crippen molar-refractivity contribution in [2.75, 3.05) is 0 Å². The standard InChI is InChI=1S/C9H8N4O2S/c1-6-8(13(14)15)9(12-11-6)16-7-4-2-3-5-10-7/h2-5H,1H3,(H,11,12)/p+1. The second kappa shape index (κ2) is 4.31. The summed E-state index contributed by atoms with van der Waals surface area (Å²) in [6, 6.07) is 5.52. The van der Waals surface area contributed by atoms with Gasteiger partial charge in [0.1, 0.15) is 5.69 Å². The summed E-state index contributed by atoms with van der Waals surface area (Å²) in [7, 11) is 0. The highest BCUT2D eigenvalue weighted by atomic mass is 32.2. The molecule has 82 valence electrons. The molecule has 2 heterocycles. The molecule has 0 aliphatic carbocycles. The first kappa shape index (κ1) is 10.6. The van der Waals surface area contributed by atoms with Gasteiger partial charge in [0.15, 0.2) is 6.20 Å². The molecule has 7 heteroatoms. The molecule has 0 aromatic carbocycles. The minimum absolute atomic E-state index is 0.0299. The SMILES string of the molecule is Cc1[nH]nc(Sc2cccc[nH+]2)c1[N+](=O)[O-]. The van der Waals surface area contributed by atoms with Crippen LogP contribution in [0, 0.1) is 17.0 Å². The van der Waals surface area contributed by atoms with Crippen LogP contribution >= 0.6 is 11.8 Å². The van der Waals surface area contributed by atoms with Crippen LogP contribution in [0.15, 0.2) is 34.4 Å². The molecule has 6 nitrogen and oxygen atoms in total. The van der Waals surface area contributed by atoms with E-state index in [4.69, 9.17) is 0 Å². The third-order valence-corrected chi connectivity index (χ3v) is 2.90. The van der Waals surface area contributed by atoms with E-state index in [1.54, 1.807) is 13.1 Å². The summed E-state index contributed by atoms with van der Waals surface area (Å²) >= 11 is 1.22. The monoisotopic (exact) mass is 237 g/mol. The van der Waals surface area contributed by atoms with Crippen LogP contribution in [0.3, 0.4) is 0 Å². The quantitative estimate of drug-likeness (QED) is 0.648. The van der Waals surface area contributed by atoms with Gasteiger partial charge in [-0.05, 0) is 13.0 Å². The van der Waals surface area contributed by atoms with Crippen molar-refractivity contribution >= 4 is 17.4 Å². The number of rotatable bonds is 3. The number of hydrogen-bond donors (Lipinski definition) is 1. The molecule has 0 aliphatic rings. The third kappa shape index (κ3) is 2.03. The van der Waals surface area contributed by atoms with Crippen molar-refractivity contribution in [3.05, 3.63) is 40.2 Å². The molecule has 16 heavy (non-hydrogen) atoms. The second-order valence-corrected chi connectivity index (χ2v) is 4.12. The summed E-state index contributed by atoms with van der Waals surface area (Å²) in [5.74, 6) is 0. The van der Waals surface area contributed by atoms with Crippen LogP contribution in [0.1, 0.15) is 5.69 Å². The van der Waals surface area contributed by atoms with Gasteiger partial charge in [-0.2, -0.15) is 5.10 Å². The molecule has 2 aromatic heterocycles. The summed E-state index contributed by atoms with van der Waals surface area (Å²) in [5, 5.41) is 18.5. The van der Waals surface area contributed by atoms with Gasteiger partial charge < -0.3 is 0 Å². The minimum atomic E-state index is -0.426. The van der Waals surface area contributed by atoms with Gasteiger partial charge in [0, 0.05) is 23.9 Å². The Balaban J connectivity index is 2.32. The molecule has 0 radical (unpaired) electrons. The Morgan fingerprint density at radius 2 is 2.38 bits per heavy atom. The van der Waals surface area contributed by atoms with Gasteiger partial charge in [-0.3, -0.25) is 15.2 Å². The van der Waals surface area contributed by atoms with Crippen LogP contribution < -0.4 is 4.98 Å². The summed E-state index contributed by atoms with van der Waals surface area (Å²) in [4.78, 5) is 13.4. The van der Waals surface area contributed by atoms with Crippen molar-refractivity contribution in [3.8, 4) is 0 Å². The first-order chi connectivity index (χ1) is 7.68. The number of aromatic nitrogens is 3. The Morgan fingerprint density at radius 3 is 3.00 bits per heavy atom. The molecular weight excluding hydrogens is 228 g/mol. The zero-order chi connectivity index (χ0) is 11.5. The number of nitro groups is 1. The lowest BCUT2D eigenvalue weighted by Crippen LogP contribution is -2.03. The zero-order valence-corrected chi connectivity index (χ0v) is 9.25. The Bertz CT molecular complexity index is 511. The van der Waals surface area contributed by atoms with Crippen molar-refractivity contribution < 1.29 is 9.91 Å². The van der Waals surface area contributed by atoms with E-state index in [2.05, 4.69) is 15.2 Å². The summed E-state index contributed by atoms with van der Waals surface area (Å²) in [6.07, 6.45) is 1.76. The number of pyridine rings is 1. The summed E-state index contributed by atoms with van der Waals surface area (Å²) < 4.78 is 0. The van der Waals surface area contributed by atoms with Crippen LogP contribution in [0.25, 0.3) is 0 Å². The summed E-state index contributed by atoms with van der Waals surface area (Å²) in [5.41, 5.74) is 0.491. The highest BCUT2D eigenvalue weighted by molar-refractivity contribution is 7.99. The average molecular weight is 237 g/mol. The smallest absolute Gasteiger partial charge is 0.274 e.